The molecule has 0 heterocycles. The molecule has 60 valence electrons. The zero-order valence-electron chi connectivity index (χ0n) is 7.30. The van der Waals surface area contributed by atoms with Crippen LogP contribution in [0.1, 0.15) is 27.7 Å². The van der Waals surface area contributed by atoms with Crippen molar-refractivity contribution >= 4 is 0 Å². The first-order valence-electron chi connectivity index (χ1n) is 3.36. The third-order valence-electron chi connectivity index (χ3n) is 0.937. The molecule has 0 saturated heterocycles. The summed E-state index contributed by atoms with van der Waals surface area (Å²) in [4.78, 5) is 0. The summed E-state index contributed by atoms with van der Waals surface area (Å²) in [7, 11) is 0. The van der Waals surface area contributed by atoms with Crippen LogP contribution in [0.25, 0.3) is 0 Å². The quantitative estimate of drug-likeness (QED) is 0.573. The Hall–Kier alpha value is -1.06. The maximum atomic E-state index is 8.55. The molecule has 0 aromatic carbocycles. The van der Waals surface area contributed by atoms with E-state index in [1.54, 1.807) is 32.9 Å². The lowest BCUT2D eigenvalue weighted by molar-refractivity contribution is -0.0623. The van der Waals surface area contributed by atoms with E-state index in [1.165, 1.54) is 6.92 Å². The number of nitrogens with zero attached hydrogens (tertiary/aromatic N) is 2. The second kappa shape index (κ2) is 2.90. The minimum Gasteiger partial charge on any atom is -0.342 e. The fourth-order valence-corrected chi connectivity index (χ4v) is 0.683. The summed E-state index contributed by atoms with van der Waals surface area (Å²) in [6, 6.07) is 3.60. The highest BCUT2D eigenvalue weighted by Crippen LogP contribution is 2.18. The van der Waals surface area contributed by atoms with Crippen LogP contribution in [0.4, 0.5) is 0 Å². The largest absolute Gasteiger partial charge is 0.342 e. The summed E-state index contributed by atoms with van der Waals surface area (Å²) in [6.07, 6.45) is 0. The van der Waals surface area contributed by atoms with Crippen molar-refractivity contribution in [3.63, 3.8) is 0 Å². The van der Waals surface area contributed by atoms with E-state index >= 15 is 0 Å². The van der Waals surface area contributed by atoms with Gasteiger partial charge in [-0.2, -0.15) is 10.5 Å². The standard InChI is InChI=1S/C8H12N2O/c1-7(2,3)11-8(4,5-9)6-10/h1-4H3. The fraction of sp³-hybridized carbons (Fsp3) is 0.750. The van der Waals surface area contributed by atoms with E-state index < -0.39 is 11.2 Å². The monoisotopic (exact) mass is 152 g/mol. The van der Waals surface area contributed by atoms with Crippen molar-refractivity contribution < 1.29 is 4.74 Å². The smallest absolute Gasteiger partial charge is 0.238 e. The predicted molar refractivity (Wildman–Crippen MR) is 40.5 cm³/mol. The summed E-state index contributed by atoms with van der Waals surface area (Å²) in [5.74, 6) is 0. The third kappa shape index (κ3) is 3.60. The number of nitriles is 2. The molecular formula is C8H12N2O. The summed E-state index contributed by atoms with van der Waals surface area (Å²) in [6.45, 7) is 6.87. The van der Waals surface area contributed by atoms with Gasteiger partial charge < -0.3 is 4.74 Å². The number of ether oxygens (including phenoxy) is 1. The lowest BCUT2D eigenvalue weighted by Crippen LogP contribution is -2.34. The minimum atomic E-state index is -1.32. The van der Waals surface area contributed by atoms with E-state index in [4.69, 9.17) is 15.3 Å². The minimum absolute atomic E-state index is 0.458. The molecular weight excluding hydrogens is 140 g/mol. The Morgan fingerprint density at radius 1 is 1.00 bits per heavy atom. The highest BCUT2D eigenvalue weighted by molar-refractivity contribution is 5.15. The van der Waals surface area contributed by atoms with Gasteiger partial charge in [-0.1, -0.05) is 0 Å². The normalized spacial score (nSPS) is 11.8. The van der Waals surface area contributed by atoms with Crippen LogP contribution in [-0.4, -0.2) is 11.2 Å². The summed E-state index contributed by atoms with van der Waals surface area (Å²) in [5, 5.41) is 17.1. The molecule has 0 radical (unpaired) electrons. The van der Waals surface area contributed by atoms with Gasteiger partial charge in [-0.3, -0.25) is 0 Å². The Kier molecular flexibility index (Phi) is 2.62. The second-order valence-electron chi connectivity index (χ2n) is 3.47. The van der Waals surface area contributed by atoms with E-state index in [0.29, 0.717) is 0 Å². The molecule has 0 atom stereocenters. The van der Waals surface area contributed by atoms with Gasteiger partial charge in [0, 0.05) is 0 Å². The van der Waals surface area contributed by atoms with Crippen LogP contribution in [0.3, 0.4) is 0 Å². The second-order valence-corrected chi connectivity index (χ2v) is 3.47. The molecule has 0 aliphatic rings. The van der Waals surface area contributed by atoms with Gasteiger partial charge in [0.15, 0.2) is 0 Å². The zero-order valence-corrected chi connectivity index (χ0v) is 7.30. The Morgan fingerprint density at radius 3 is 1.45 bits per heavy atom. The van der Waals surface area contributed by atoms with Crippen molar-refractivity contribution in [2.75, 3.05) is 0 Å². The van der Waals surface area contributed by atoms with Crippen LogP contribution in [0, 0.1) is 22.7 Å². The van der Waals surface area contributed by atoms with Crippen molar-refractivity contribution in [2.45, 2.75) is 38.9 Å². The Labute approximate surface area is 67.2 Å². The molecule has 3 nitrogen and oxygen atoms in total. The van der Waals surface area contributed by atoms with Gasteiger partial charge in [-0.05, 0) is 27.7 Å². The van der Waals surface area contributed by atoms with Gasteiger partial charge in [-0.25, -0.2) is 0 Å². The van der Waals surface area contributed by atoms with E-state index in [1.807, 2.05) is 0 Å². The van der Waals surface area contributed by atoms with E-state index in [2.05, 4.69) is 0 Å². The van der Waals surface area contributed by atoms with Crippen molar-refractivity contribution in [1.82, 2.24) is 0 Å². The van der Waals surface area contributed by atoms with Crippen molar-refractivity contribution in [3.05, 3.63) is 0 Å². The lowest BCUT2D eigenvalue weighted by Gasteiger charge is -2.25. The highest BCUT2D eigenvalue weighted by atomic mass is 16.5. The molecule has 0 bridgehead atoms. The van der Waals surface area contributed by atoms with Crippen LogP contribution >= 0.6 is 0 Å². The zero-order chi connectivity index (χ0) is 9.12. The SMILES string of the molecule is CC(C)(C)OC(C)(C#N)C#N. The molecule has 3 heteroatoms. The third-order valence-corrected chi connectivity index (χ3v) is 0.937. The van der Waals surface area contributed by atoms with Crippen molar-refractivity contribution in [1.29, 1.82) is 10.5 Å². The Balaban J connectivity index is 4.40. The van der Waals surface area contributed by atoms with E-state index in [0.717, 1.165) is 0 Å². The van der Waals surface area contributed by atoms with E-state index in [9.17, 15) is 0 Å². The van der Waals surface area contributed by atoms with Crippen LogP contribution in [0.5, 0.6) is 0 Å². The predicted octanol–water partition coefficient (Wildman–Crippen LogP) is 1.61. The summed E-state index contributed by atoms with van der Waals surface area (Å²) in [5.41, 5.74) is -1.78. The fourth-order valence-electron chi connectivity index (χ4n) is 0.683. The van der Waals surface area contributed by atoms with E-state index in [-0.39, 0.29) is 0 Å². The van der Waals surface area contributed by atoms with Crippen LogP contribution in [0.15, 0.2) is 0 Å². The van der Waals surface area contributed by atoms with Gasteiger partial charge in [0.1, 0.15) is 12.1 Å². The molecule has 0 rings (SSSR count). The van der Waals surface area contributed by atoms with Crippen molar-refractivity contribution in [2.24, 2.45) is 0 Å². The highest BCUT2D eigenvalue weighted by Gasteiger charge is 2.30. The Morgan fingerprint density at radius 2 is 1.36 bits per heavy atom. The molecule has 0 fully saturated rings. The molecule has 0 aliphatic heterocycles. The van der Waals surface area contributed by atoms with Crippen molar-refractivity contribution in [3.8, 4) is 12.1 Å². The van der Waals surface area contributed by atoms with Gasteiger partial charge in [0.25, 0.3) is 0 Å². The first-order valence-corrected chi connectivity index (χ1v) is 3.36. The average Bonchev–Trinajstić information content (AvgIpc) is 1.84. The molecule has 0 aromatic heterocycles. The van der Waals surface area contributed by atoms with Gasteiger partial charge >= 0.3 is 0 Å². The molecule has 0 aromatic rings. The molecule has 0 amide bonds. The molecule has 0 unspecified atom stereocenters. The topological polar surface area (TPSA) is 56.8 Å². The first-order chi connectivity index (χ1) is 4.83. The van der Waals surface area contributed by atoms with Crippen LogP contribution in [-0.2, 0) is 4.74 Å². The molecule has 11 heavy (non-hydrogen) atoms. The Bertz CT molecular complexity index is 200. The lowest BCUT2D eigenvalue weighted by atomic mass is 10.1. The molecule has 0 N–H and O–H groups in total. The number of hydrogen-bond donors (Lipinski definition) is 0. The van der Waals surface area contributed by atoms with Gasteiger partial charge in [-0.15, -0.1) is 0 Å². The summed E-state index contributed by atoms with van der Waals surface area (Å²) >= 11 is 0. The van der Waals surface area contributed by atoms with Gasteiger partial charge in [0.05, 0.1) is 5.60 Å². The van der Waals surface area contributed by atoms with Crippen LogP contribution < -0.4 is 0 Å². The number of rotatable bonds is 1. The summed E-state index contributed by atoms with van der Waals surface area (Å²) < 4.78 is 5.20. The van der Waals surface area contributed by atoms with Crippen LogP contribution in [0.2, 0.25) is 0 Å². The molecule has 0 spiro atoms. The van der Waals surface area contributed by atoms with Gasteiger partial charge in [0.2, 0.25) is 5.60 Å². The first kappa shape index (κ1) is 9.94. The maximum Gasteiger partial charge on any atom is 0.238 e. The molecule has 0 saturated carbocycles. The maximum absolute atomic E-state index is 8.55. The number of hydrogen-bond acceptors (Lipinski definition) is 3. The molecule has 0 aliphatic carbocycles. The average molecular weight is 152 g/mol.